The van der Waals surface area contributed by atoms with Crippen molar-refractivity contribution in [3.05, 3.63) is 58.7 Å². The van der Waals surface area contributed by atoms with E-state index in [0.29, 0.717) is 36.8 Å². The smallest absolute Gasteiger partial charge is 0.263 e. The Morgan fingerprint density at radius 1 is 1.05 bits per heavy atom. The van der Waals surface area contributed by atoms with E-state index in [2.05, 4.69) is 13.8 Å². The number of alkyl halides is 2. The van der Waals surface area contributed by atoms with Gasteiger partial charge in [-0.05, 0) is 72.5 Å². The molecule has 0 heterocycles. The molecule has 1 aromatic rings. The van der Waals surface area contributed by atoms with Crippen molar-refractivity contribution >= 4 is 11.6 Å². The quantitative estimate of drug-likeness (QED) is 0.189. The van der Waals surface area contributed by atoms with Gasteiger partial charge in [-0.2, -0.15) is 0 Å². The number of hydrogen-bond donors (Lipinski definition) is 4. The van der Waals surface area contributed by atoms with Crippen LogP contribution in [0.15, 0.2) is 47.6 Å². The summed E-state index contributed by atoms with van der Waals surface area (Å²) in [5.41, 5.74) is 4.77. The van der Waals surface area contributed by atoms with Crippen molar-refractivity contribution in [2.75, 3.05) is 6.61 Å². The van der Waals surface area contributed by atoms with Crippen LogP contribution in [-0.4, -0.2) is 50.7 Å². The maximum Gasteiger partial charge on any atom is 0.263 e. The maximum atomic E-state index is 13.5. The minimum absolute atomic E-state index is 0.00537. The molecule has 5 rings (SSSR count). The highest BCUT2D eigenvalue weighted by molar-refractivity contribution is 6.04. The van der Waals surface area contributed by atoms with Crippen LogP contribution in [0.4, 0.5) is 8.78 Å². The lowest BCUT2D eigenvalue weighted by Gasteiger charge is -2.47. The molecule has 4 aliphatic rings. The van der Waals surface area contributed by atoms with E-state index in [4.69, 9.17) is 5.73 Å². The lowest BCUT2D eigenvalue weighted by atomic mass is 9.62. The van der Waals surface area contributed by atoms with E-state index in [0.717, 1.165) is 37.7 Å². The van der Waals surface area contributed by atoms with Gasteiger partial charge in [-0.25, -0.2) is 8.78 Å². The molecule has 0 amide bonds. The van der Waals surface area contributed by atoms with Gasteiger partial charge < -0.3 is 21.1 Å². The zero-order valence-corrected chi connectivity index (χ0v) is 25.6. The number of aliphatic hydroxyl groups is 3. The molecule has 0 aliphatic heterocycles. The Morgan fingerprint density at radius 2 is 1.72 bits per heavy atom. The van der Waals surface area contributed by atoms with Crippen LogP contribution in [0.25, 0.3) is 0 Å². The number of rotatable bonds is 12. The van der Waals surface area contributed by atoms with E-state index in [9.17, 15) is 33.7 Å². The third kappa shape index (κ3) is 5.36. The van der Waals surface area contributed by atoms with Crippen LogP contribution in [0, 0.1) is 28.6 Å². The lowest BCUT2D eigenvalue weighted by Crippen LogP contribution is -2.56. The second kappa shape index (κ2) is 11.6. The second-order valence-corrected chi connectivity index (χ2v) is 14.4. The molecule has 7 atom stereocenters. The van der Waals surface area contributed by atoms with Gasteiger partial charge >= 0.3 is 0 Å². The van der Waals surface area contributed by atoms with Crippen molar-refractivity contribution in [1.29, 1.82) is 0 Å². The van der Waals surface area contributed by atoms with Gasteiger partial charge in [-0.15, -0.1) is 0 Å². The van der Waals surface area contributed by atoms with Gasteiger partial charge in [0.2, 0.25) is 0 Å². The molecule has 2 saturated carbocycles. The van der Waals surface area contributed by atoms with E-state index in [1.165, 1.54) is 12.1 Å². The normalized spacial score (nSPS) is 34.9. The Bertz CT molecular complexity index is 1310. The highest BCUT2D eigenvalue weighted by Crippen LogP contribution is 2.80. The fraction of sp³-hybridized carbons (Fsp3) is 0.657. The topological polar surface area (TPSA) is 121 Å². The number of aliphatic hydroxyl groups excluding tert-OH is 1. The molecule has 236 valence electrons. The van der Waals surface area contributed by atoms with Crippen molar-refractivity contribution in [3.63, 3.8) is 0 Å². The van der Waals surface area contributed by atoms with Gasteiger partial charge in [0.05, 0.1) is 18.2 Å². The number of unbranched alkanes of at least 4 members (excludes halogenated alkanes) is 3. The molecule has 0 aromatic heterocycles. The Balaban J connectivity index is 1.18. The SMILES string of the molecule is CC1=C[C@H]2[C@@]3(O)CC[C@]4(CC(=O)C(N)CCCCCCc5ccc(C(F)F)cc5)[C@H]([C@@H]3C=C(CO)C[C@]2(O)C1=O)C4(C)C. The number of carbonyl (C=O) groups excluding carboxylic acids is 2. The molecule has 1 aromatic carbocycles. The Kier molecular flexibility index (Phi) is 8.66. The summed E-state index contributed by atoms with van der Waals surface area (Å²) in [7, 11) is 0. The first-order valence-electron chi connectivity index (χ1n) is 15.8. The summed E-state index contributed by atoms with van der Waals surface area (Å²) in [6.07, 6.45) is 7.56. The molecule has 0 bridgehead atoms. The van der Waals surface area contributed by atoms with E-state index in [1.54, 1.807) is 25.1 Å². The average molecular weight is 600 g/mol. The number of Topliss-reactive ketones (excluding diaryl/α,β-unsaturated/α-hetero) is 2. The Labute approximate surface area is 253 Å². The number of benzene rings is 1. The number of halogens is 2. The first-order chi connectivity index (χ1) is 20.2. The van der Waals surface area contributed by atoms with Crippen LogP contribution >= 0.6 is 0 Å². The standard InChI is InChI=1S/C35H47F2NO5/c1-21-16-28-34(42)15-14-33(29(32(33,2)3)25(34)17-23(20-39)18-35(28,43)30(21)41)19-27(40)26(38)9-7-5-4-6-8-22-10-12-24(13-11-22)31(36)37/h10-13,16-17,25-26,28-29,31,39,42-43H,4-9,14-15,18-20,38H2,1-3H3/t25-,26?,28-,29+,33-,34+,35+/m0/s1. The van der Waals surface area contributed by atoms with Gasteiger partial charge in [-0.3, -0.25) is 9.59 Å². The molecule has 5 N–H and O–H groups in total. The van der Waals surface area contributed by atoms with Gasteiger partial charge in [-0.1, -0.05) is 69.5 Å². The molecule has 0 saturated heterocycles. The molecular formula is C35H47F2NO5. The first kappa shape index (κ1) is 32.1. The van der Waals surface area contributed by atoms with Gasteiger partial charge in [0, 0.05) is 30.2 Å². The Hall–Kier alpha value is -2.26. The van der Waals surface area contributed by atoms with Crippen LogP contribution in [0.3, 0.4) is 0 Å². The molecule has 43 heavy (non-hydrogen) atoms. The number of ketones is 2. The second-order valence-electron chi connectivity index (χ2n) is 14.4. The monoisotopic (exact) mass is 599 g/mol. The summed E-state index contributed by atoms with van der Waals surface area (Å²) in [5, 5.41) is 33.9. The summed E-state index contributed by atoms with van der Waals surface area (Å²) in [6, 6.07) is 5.92. The lowest BCUT2D eigenvalue weighted by molar-refractivity contribution is -0.158. The minimum atomic E-state index is -2.45. The molecule has 8 heteroatoms. The zero-order valence-electron chi connectivity index (χ0n) is 25.6. The van der Waals surface area contributed by atoms with Gasteiger partial charge in [0.15, 0.2) is 5.78 Å². The van der Waals surface area contributed by atoms with Crippen LogP contribution in [0.2, 0.25) is 0 Å². The predicted octanol–water partition coefficient (Wildman–Crippen LogP) is 5.39. The van der Waals surface area contributed by atoms with Gasteiger partial charge in [0.1, 0.15) is 11.4 Å². The fourth-order valence-corrected chi connectivity index (χ4v) is 9.11. The van der Waals surface area contributed by atoms with Crippen LogP contribution in [0.1, 0.15) is 96.1 Å². The van der Waals surface area contributed by atoms with Crippen molar-refractivity contribution in [1.82, 2.24) is 0 Å². The van der Waals surface area contributed by atoms with Crippen molar-refractivity contribution in [3.8, 4) is 0 Å². The molecule has 0 radical (unpaired) electrons. The number of nitrogens with two attached hydrogens (primary N) is 1. The third-order valence-corrected chi connectivity index (χ3v) is 11.7. The summed E-state index contributed by atoms with van der Waals surface area (Å²) >= 11 is 0. The molecule has 1 unspecified atom stereocenters. The molecule has 6 nitrogen and oxygen atoms in total. The van der Waals surface area contributed by atoms with Crippen molar-refractivity contribution in [2.24, 2.45) is 34.3 Å². The fourth-order valence-electron chi connectivity index (χ4n) is 9.11. The summed E-state index contributed by atoms with van der Waals surface area (Å²) in [5.74, 6) is -1.56. The molecular weight excluding hydrogens is 552 g/mol. The summed E-state index contributed by atoms with van der Waals surface area (Å²) < 4.78 is 25.5. The highest BCUT2D eigenvalue weighted by atomic mass is 19.3. The van der Waals surface area contributed by atoms with Crippen molar-refractivity contribution in [2.45, 2.75) is 109 Å². The van der Waals surface area contributed by atoms with E-state index in [1.807, 2.05) is 6.08 Å². The van der Waals surface area contributed by atoms with E-state index < -0.39 is 35.5 Å². The average Bonchev–Trinajstić information content (AvgIpc) is 3.39. The molecule has 2 fully saturated rings. The number of aryl methyl sites for hydroxylation is 1. The predicted molar refractivity (Wildman–Crippen MR) is 160 cm³/mol. The molecule has 4 aliphatic carbocycles. The zero-order chi connectivity index (χ0) is 31.4. The number of carbonyl (C=O) groups is 2. The van der Waals surface area contributed by atoms with Crippen LogP contribution < -0.4 is 5.73 Å². The Morgan fingerprint density at radius 3 is 2.37 bits per heavy atom. The maximum absolute atomic E-state index is 13.5. The van der Waals surface area contributed by atoms with Crippen LogP contribution in [0.5, 0.6) is 0 Å². The number of fused-ring (bicyclic) bond motifs is 5. The first-order valence-corrected chi connectivity index (χ1v) is 15.8. The number of hydrogen-bond acceptors (Lipinski definition) is 6. The molecule has 0 spiro atoms. The third-order valence-electron chi connectivity index (χ3n) is 11.7. The minimum Gasteiger partial charge on any atom is -0.392 e. The van der Waals surface area contributed by atoms with Crippen molar-refractivity contribution < 1.29 is 33.7 Å². The van der Waals surface area contributed by atoms with Crippen LogP contribution in [-0.2, 0) is 16.0 Å². The summed E-state index contributed by atoms with van der Waals surface area (Å²) in [4.78, 5) is 26.5. The highest BCUT2D eigenvalue weighted by Gasteiger charge is 2.79. The van der Waals surface area contributed by atoms with E-state index in [-0.39, 0.29) is 46.9 Å². The largest absolute Gasteiger partial charge is 0.392 e. The van der Waals surface area contributed by atoms with E-state index >= 15 is 0 Å². The van der Waals surface area contributed by atoms with Gasteiger partial charge in [0.25, 0.3) is 6.43 Å². The summed E-state index contributed by atoms with van der Waals surface area (Å²) in [6.45, 7) is 5.63.